The molecule has 0 saturated carbocycles. The second kappa shape index (κ2) is 3.46. The zero-order valence-corrected chi connectivity index (χ0v) is 8.23. The molecular formula is C10H14ClN. The summed E-state index contributed by atoms with van der Waals surface area (Å²) >= 11 is 5.76. The molecule has 0 aliphatic heterocycles. The van der Waals surface area contributed by atoms with Gasteiger partial charge in [0.2, 0.25) is 0 Å². The molecule has 12 heavy (non-hydrogen) atoms. The van der Waals surface area contributed by atoms with Gasteiger partial charge in [0.25, 0.3) is 0 Å². The van der Waals surface area contributed by atoms with Crippen LogP contribution in [0.4, 0.5) is 0 Å². The molecule has 2 heteroatoms. The minimum absolute atomic E-state index is 0.232. The van der Waals surface area contributed by atoms with Crippen LogP contribution in [0.5, 0.6) is 0 Å². The van der Waals surface area contributed by atoms with Crippen LogP contribution in [0, 0.1) is 0 Å². The number of hydrogen-bond acceptors (Lipinski definition) is 1. The highest BCUT2D eigenvalue weighted by molar-refractivity contribution is 6.30. The highest BCUT2D eigenvalue weighted by atomic mass is 35.5. The largest absolute Gasteiger partial charge is 0.322 e. The molecule has 0 aliphatic carbocycles. The Balaban J connectivity index is 2.96. The third-order valence-corrected chi connectivity index (χ3v) is 2.49. The lowest BCUT2D eigenvalue weighted by molar-refractivity contribution is 0.476. The van der Waals surface area contributed by atoms with Gasteiger partial charge in [-0.3, -0.25) is 0 Å². The van der Waals surface area contributed by atoms with Crippen molar-refractivity contribution >= 4 is 11.6 Å². The normalized spacial score (nSPS) is 15.7. The number of nitrogens with two attached hydrogens (primary N) is 1. The first-order valence-corrected chi connectivity index (χ1v) is 4.49. The average Bonchev–Trinajstić information content (AvgIpc) is 2.05. The molecule has 0 spiro atoms. The molecule has 0 fully saturated rings. The Labute approximate surface area is 78.5 Å². The Morgan fingerprint density at radius 2 is 1.83 bits per heavy atom. The van der Waals surface area contributed by atoms with Crippen LogP contribution in [0.15, 0.2) is 24.3 Å². The minimum atomic E-state index is -0.232. The van der Waals surface area contributed by atoms with Gasteiger partial charge in [-0.05, 0) is 31.0 Å². The van der Waals surface area contributed by atoms with Gasteiger partial charge in [0, 0.05) is 10.6 Å². The zero-order valence-electron chi connectivity index (χ0n) is 7.47. The first-order valence-electron chi connectivity index (χ1n) is 4.11. The van der Waals surface area contributed by atoms with E-state index in [2.05, 4.69) is 6.92 Å². The third kappa shape index (κ3) is 1.99. The molecule has 66 valence electrons. The standard InChI is InChI=1S/C10H14ClN/c1-3-10(2,12)8-4-6-9(11)7-5-8/h4-7H,3,12H2,1-2H3/t10-/m0/s1. The van der Waals surface area contributed by atoms with Gasteiger partial charge in [-0.15, -0.1) is 0 Å². The summed E-state index contributed by atoms with van der Waals surface area (Å²) < 4.78 is 0. The molecule has 0 amide bonds. The fourth-order valence-corrected chi connectivity index (χ4v) is 1.16. The summed E-state index contributed by atoms with van der Waals surface area (Å²) in [5.74, 6) is 0. The Bertz CT molecular complexity index is 251. The van der Waals surface area contributed by atoms with E-state index in [0.29, 0.717) is 0 Å². The van der Waals surface area contributed by atoms with E-state index in [9.17, 15) is 0 Å². The van der Waals surface area contributed by atoms with E-state index in [0.717, 1.165) is 17.0 Å². The SMILES string of the molecule is CC[C@](C)(N)c1ccc(Cl)cc1. The summed E-state index contributed by atoms with van der Waals surface area (Å²) in [4.78, 5) is 0. The molecule has 2 N–H and O–H groups in total. The van der Waals surface area contributed by atoms with Crippen molar-refractivity contribution < 1.29 is 0 Å². The van der Waals surface area contributed by atoms with Crippen molar-refractivity contribution in [3.8, 4) is 0 Å². The predicted octanol–water partition coefficient (Wildman–Crippen LogP) is 2.92. The first-order chi connectivity index (χ1) is 5.56. The second-order valence-electron chi connectivity index (χ2n) is 3.28. The minimum Gasteiger partial charge on any atom is -0.322 e. The summed E-state index contributed by atoms with van der Waals surface area (Å²) in [7, 11) is 0. The van der Waals surface area contributed by atoms with E-state index in [1.807, 2.05) is 31.2 Å². The molecule has 0 aliphatic rings. The maximum Gasteiger partial charge on any atom is 0.0406 e. The van der Waals surface area contributed by atoms with Crippen LogP contribution in [0.3, 0.4) is 0 Å². The smallest absolute Gasteiger partial charge is 0.0406 e. The molecule has 1 aromatic rings. The lowest BCUT2D eigenvalue weighted by Gasteiger charge is -2.23. The Morgan fingerprint density at radius 1 is 1.33 bits per heavy atom. The van der Waals surface area contributed by atoms with E-state index >= 15 is 0 Å². The van der Waals surface area contributed by atoms with E-state index in [-0.39, 0.29) is 5.54 Å². The van der Waals surface area contributed by atoms with Gasteiger partial charge in [-0.1, -0.05) is 30.7 Å². The van der Waals surface area contributed by atoms with E-state index in [1.54, 1.807) is 0 Å². The van der Waals surface area contributed by atoms with Crippen molar-refractivity contribution in [3.05, 3.63) is 34.9 Å². The molecule has 0 bridgehead atoms. The number of hydrogen-bond donors (Lipinski definition) is 1. The monoisotopic (exact) mass is 183 g/mol. The van der Waals surface area contributed by atoms with Crippen molar-refractivity contribution in [2.75, 3.05) is 0 Å². The van der Waals surface area contributed by atoms with Crippen molar-refractivity contribution in [1.29, 1.82) is 0 Å². The van der Waals surface area contributed by atoms with Gasteiger partial charge in [-0.25, -0.2) is 0 Å². The summed E-state index contributed by atoms with van der Waals surface area (Å²) in [5, 5.41) is 0.755. The number of benzene rings is 1. The van der Waals surface area contributed by atoms with Crippen LogP contribution >= 0.6 is 11.6 Å². The van der Waals surface area contributed by atoms with E-state index in [1.165, 1.54) is 0 Å². The van der Waals surface area contributed by atoms with Crippen molar-refractivity contribution in [2.24, 2.45) is 5.73 Å². The van der Waals surface area contributed by atoms with Crippen molar-refractivity contribution in [1.82, 2.24) is 0 Å². The van der Waals surface area contributed by atoms with Gasteiger partial charge in [0.1, 0.15) is 0 Å². The second-order valence-corrected chi connectivity index (χ2v) is 3.71. The fraction of sp³-hybridized carbons (Fsp3) is 0.400. The average molecular weight is 184 g/mol. The van der Waals surface area contributed by atoms with Gasteiger partial charge >= 0.3 is 0 Å². The van der Waals surface area contributed by atoms with Crippen LogP contribution in [-0.4, -0.2) is 0 Å². The summed E-state index contributed by atoms with van der Waals surface area (Å²) in [6.45, 7) is 4.10. The molecule has 1 aromatic carbocycles. The van der Waals surface area contributed by atoms with Crippen LogP contribution in [0.2, 0.25) is 5.02 Å². The molecule has 0 radical (unpaired) electrons. The van der Waals surface area contributed by atoms with Gasteiger partial charge in [0.15, 0.2) is 0 Å². The quantitative estimate of drug-likeness (QED) is 0.750. The van der Waals surface area contributed by atoms with Crippen LogP contribution in [0.25, 0.3) is 0 Å². The lowest BCUT2D eigenvalue weighted by Crippen LogP contribution is -2.31. The maximum absolute atomic E-state index is 6.04. The van der Waals surface area contributed by atoms with Crippen molar-refractivity contribution in [3.63, 3.8) is 0 Å². The molecule has 1 rings (SSSR count). The van der Waals surface area contributed by atoms with Gasteiger partial charge < -0.3 is 5.73 Å². The fourth-order valence-electron chi connectivity index (χ4n) is 1.03. The summed E-state index contributed by atoms with van der Waals surface area (Å²) in [5.41, 5.74) is 6.95. The zero-order chi connectivity index (χ0) is 9.19. The summed E-state index contributed by atoms with van der Waals surface area (Å²) in [6, 6.07) is 7.70. The molecule has 1 atom stereocenters. The molecular weight excluding hydrogens is 170 g/mol. The highest BCUT2D eigenvalue weighted by Crippen LogP contribution is 2.22. The predicted molar refractivity (Wildman–Crippen MR) is 53.3 cm³/mol. The third-order valence-electron chi connectivity index (χ3n) is 2.24. The molecule has 1 nitrogen and oxygen atoms in total. The highest BCUT2D eigenvalue weighted by Gasteiger charge is 2.17. The Kier molecular flexibility index (Phi) is 2.76. The van der Waals surface area contributed by atoms with Crippen LogP contribution < -0.4 is 5.73 Å². The lowest BCUT2D eigenvalue weighted by atomic mass is 9.91. The maximum atomic E-state index is 6.04. The van der Waals surface area contributed by atoms with Crippen molar-refractivity contribution in [2.45, 2.75) is 25.8 Å². The Hall–Kier alpha value is -0.530. The molecule has 0 heterocycles. The first kappa shape index (κ1) is 9.56. The van der Waals surface area contributed by atoms with Crippen LogP contribution in [0.1, 0.15) is 25.8 Å². The molecule has 0 aromatic heterocycles. The van der Waals surface area contributed by atoms with Gasteiger partial charge in [0.05, 0.1) is 0 Å². The topological polar surface area (TPSA) is 26.0 Å². The van der Waals surface area contributed by atoms with E-state index in [4.69, 9.17) is 17.3 Å². The molecule has 0 saturated heterocycles. The molecule has 0 unspecified atom stereocenters. The Morgan fingerprint density at radius 3 is 2.25 bits per heavy atom. The van der Waals surface area contributed by atoms with E-state index < -0.39 is 0 Å². The number of rotatable bonds is 2. The number of halogens is 1. The van der Waals surface area contributed by atoms with Gasteiger partial charge in [-0.2, -0.15) is 0 Å². The van der Waals surface area contributed by atoms with Crippen LogP contribution in [-0.2, 0) is 5.54 Å². The summed E-state index contributed by atoms with van der Waals surface area (Å²) in [6.07, 6.45) is 0.925.